The lowest BCUT2D eigenvalue weighted by Crippen LogP contribution is -2.35. The van der Waals surface area contributed by atoms with Crippen LogP contribution in [0.25, 0.3) is 0 Å². The molecule has 1 aliphatic rings. The first-order valence-corrected chi connectivity index (χ1v) is 6.65. The molecule has 0 radical (unpaired) electrons. The molecule has 0 aliphatic carbocycles. The zero-order valence-corrected chi connectivity index (χ0v) is 10.9. The van der Waals surface area contributed by atoms with Crippen LogP contribution in [0.1, 0.15) is 31.2 Å². The van der Waals surface area contributed by atoms with Gasteiger partial charge in [0.2, 0.25) is 0 Å². The van der Waals surface area contributed by atoms with E-state index in [4.69, 9.17) is 10.00 Å². The van der Waals surface area contributed by atoms with Crippen molar-refractivity contribution in [2.45, 2.75) is 38.3 Å². The number of rotatable bonds is 4. The van der Waals surface area contributed by atoms with Crippen LogP contribution in [0.3, 0.4) is 0 Å². The lowest BCUT2D eigenvalue weighted by atomic mass is 10.1. The van der Waals surface area contributed by atoms with Gasteiger partial charge in [0, 0.05) is 19.0 Å². The predicted molar refractivity (Wildman–Crippen MR) is 71.2 cm³/mol. The summed E-state index contributed by atoms with van der Waals surface area (Å²) in [5.74, 6) is 0. The van der Waals surface area contributed by atoms with Gasteiger partial charge in [-0.25, -0.2) is 4.79 Å². The van der Waals surface area contributed by atoms with Gasteiger partial charge in [0.15, 0.2) is 0 Å². The van der Waals surface area contributed by atoms with Crippen molar-refractivity contribution >= 4 is 6.09 Å². The average molecular weight is 258 g/mol. The molecule has 1 saturated heterocycles. The number of amides is 1. The molecule has 4 nitrogen and oxygen atoms in total. The monoisotopic (exact) mass is 258 g/mol. The first-order chi connectivity index (χ1) is 9.31. The smallest absolute Gasteiger partial charge is 0.410 e. The van der Waals surface area contributed by atoms with Crippen LogP contribution in [0, 0.1) is 11.3 Å². The lowest BCUT2D eigenvalue weighted by molar-refractivity contribution is 0.0910. The number of nitrogens with zero attached hydrogens (tertiary/aromatic N) is 2. The highest BCUT2D eigenvalue weighted by atomic mass is 16.6. The predicted octanol–water partition coefficient (Wildman–Crippen LogP) is 3.09. The van der Waals surface area contributed by atoms with Crippen molar-refractivity contribution in [3.63, 3.8) is 0 Å². The van der Waals surface area contributed by atoms with Gasteiger partial charge >= 0.3 is 6.09 Å². The largest absolute Gasteiger partial charge is 0.445 e. The van der Waals surface area contributed by atoms with E-state index in [0.29, 0.717) is 13.0 Å². The fourth-order valence-electron chi connectivity index (χ4n) is 2.41. The fourth-order valence-corrected chi connectivity index (χ4v) is 2.41. The van der Waals surface area contributed by atoms with Gasteiger partial charge in [-0.3, -0.25) is 0 Å². The fraction of sp³-hybridized carbons (Fsp3) is 0.467. The van der Waals surface area contributed by atoms with E-state index in [1.807, 2.05) is 30.3 Å². The molecule has 0 bridgehead atoms. The summed E-state index contributed by atoms with van der Waals surface area (Å²) in [6.07, 6.45) is 2.95. The molecule has 1 atom stereocenters. The minimum atomic E-state index is -0.260. The highest BCUT2D eigenvalue weighted by Gasteiger charge is 2.29. The van der Waals surface area contributed by atoms with Gasteiger partial charge in [-0.2, -0.15) is 5.26 Å². The van der Waals surface area contributed by atoms with Crippen LogP contribution in [-0.4, -0.2) is 23.6 Å². The van der Waals surface area contributed by atoms with Gasteiger partial charge < -0.3 is 9.64 Å². The molecule has 0 spiro atoms. The third kappa shape index (κ3) is 3.72. The highest BCUT2D eigenvalue weighted by molar-refractivity contribution is 5.68. The Labute approximate surface area is 113 Å². The maximum Gasteiger partial charge on any atom is 0.410 e. The summed E-state index contributed by atoms with van der Waals surface area (Å²) in [5.41, 5.74) is 0.989. The molecule has 100 valence electrons. The number of likely N-dealkylation sites (tertiary alicyclic amines) is 1. The number of ether oxygens (including phenoxy) is 1. The summed E-state index contributed by atoms with van der Waals surface area (Å²) < 4.78 is 5.33. The summed E-state index contributed by atoms with van der Waals surface area (Å²) >= 11 is 0. The maximum atomic E-state index is 12.0. The molecule has 1 aromatic carbocycles. The van der Waals surface area contributed by atoms with Gasteiger partial charge in [0.1, 0.15) is 6.61 Å². The molecule has 1 heterocycles. The van der Waals surface area contributed by atoms with Crippen molar-refractivity contribution in [1.82, 2.24) is 4.90 Å². The molecular weight excluding hydrogens is 240 g/mol. The van der Waals surface area contributed by atoms with Crippen LogP contribution in [0.5, 0.6) is 0 Å². The van der Waals surface area contributed by atoms with E-state index in [-0.39, 0.29) is 12.1 Å². The van der Waals surface area contributed by atoms with Gasteiger partial charge in [-0.15, -0.1) is 0 Å². The summed E-state index contributed by atoms with van der Waals surface area (Å²) in [4.78, 5) is 13.8. The molecular formula is C15H18N2O2. The molecule has 4 heteroatoms. The standard InChI is InChI=1S/C15H18N2O2/c16-10-4-8-14-9-5-11-17(14)15(18)19-12-13-6-2-1-3-7-13/h1-3,6-7,14H,4-5,8-9,11-12H2. The molecule has 19 heavy (non-hydrogen) atoms. The zero-order valence-electron chi connectivity index (χ0n) is 10.9. The summed E-state index contributed by atoms with van der Waals surface area (Å²) in [5, 5.41) is 8.62. The molecule has 0 saturated carbocycles. The van der Waals surface area contributed by atoms with E-state index < -0.39 is 0 Å². The SMILES string of the molecule is N#CCCC1CCCN1C(=O)OCc1ccccc1. The zero-order chi connectivity index (χ0) is 13.5. The second-order valence-electron chi connectivity index (χ2n) is 4.73. The first-order valence-electron chi connectivity index (χ1n) is 6.65. The van der Waals surface area contributed by atoms with Crippen LogP contribution in [0.4, 0.5) is 4.79 Å². The van der Waals surface area contributed by atoms with Gasteiger partial charge in [-0.1, -0.05) is 30.3 Å². The number of nitriles is 1. The first kappa shape index (κ1) is 13.4. The van der Waals surface area contributed by atoms with Gasteiger partial charge in [0.25, 0.3) is 0 Å². The number of hydrogen-bond donors (Lipinski definition) is 0. The molecule has 1 fully saturated rings. The summed E-state index contributed by atoms with van der Waals surface area (Å²) in [7, 11) is 0. The Bertz CT molecular complexity index is 453. The van der Waals surface area contributed by atoms with Crippen molar-refractivity contribution in [2.24, 2.45) is 0 Å². The van der Waals surface area contributed by atoms with Crippen molar-refractivity contribution in [3.8, 4) is 6.07 Å². The van der Waals surface area contributed by atoms with Crippen LogP contribution < -0.4 is 0 Å². The van der Waals surface area contributed by atoms with Crippen LogP contribution >= 0.6 is 0 Å². The Balaban J connectivity index is 1.84. The molecule has 2 rings (SSSR count). The Morgan fingerprint density at radius 1 is 1.42 bits per heavy atom. The Morgan fingerprint density at radius 3 is 2.95 bits per heavy atom. The molecule has 1 unspecified atom stereocenters. The molecule has 0 aromatic heterocycles. The van der Waals surface area contributed by atoms with Crippen molar-refractivity contribution in [3.05, 3.63) is 35.9 Å². The Morgan fingerprint density at radius 2 is 2.21 bits per heavy atom. The average Bonchev–Trinajstić information content (AvgIpc) is 2.92. The second-order valence-corrected chi connectivity index (χ2v) is 4.73. The Kier molecular flexibility index (Phi) is 4.79. The van der Waals surface area contributed by atoms with E-state index in [1.54, 1.807) is 4.90 Å². The highest BCUT2D eigenvalue weighted by Crippen LogP contribution is 2.22. The molecule has 1 aromatic rings. The normalized spacial score (nSPS) is 18.1. The quantitative estimate of drug-likeness (QED) is 0.833. The van der Waals surface area contributed by atoms with E-state index >= 15 is 0 Å². The summed E-state index contributed by atoms with van der Waals surface area (Å²) in [6, 6.07) is 12.0. The Hall–Kier alpha value is -2.02. The van der Waals surface area contributed by atoms with Crippen molar-refractivity contribution in [1.29, 1.82) is 5.26 Å². The van der Waals surface area contributed by atoms with Gasteiger partial charge in [-0.05, 0) is 24.8 Å². The maximum absolute atomic E-state index is 12.0. The van der Waals surface area contributed by atoms with Gasteiger partial charge in [0.05, 0.1) is 6.07 Å². The van der Waals surface area contributed by atoms with E-state index in [9.17, 15) is 4.79 Å². The summed E-state index contributed by atoms with van der Waals surface area (Å²) in [6.45, 7) is 1.05. The van der Waals surface area contributed by atoms with Crippen LogP contribution in [-0.2, 0) is 11.3 Å². The van der Waals surface area contributed by atoms with Crippen LogP contribution in [0.15, 0.2) is 30.3 Å². The number of hydrogen-bond acceptors (Lipinski definition) is 3. The topological polar surface area (TPSA) is 53.3 Å². The lowest BCUT2D eigenvalue weighted by Gasteiger charge is -2.23. The molecule has 0 N–H and O–H groups in total. The third-order valence-corrected chi connectivity index (χ3v) is 3.41. The minimum Gasteiger partial charge on any atom is -0.445 e. The minimum absolute atomic E-state index is 0.169. The molecule has 1 amide bonds. The van der Waals surface area contributed by atoms with E-state index in [2.05, 4.69) is 6.07 Å². The second kappa shape index (κ2) is 6.79. The van der Waals surface area contributed by atoms with Crippen molar-refractivity contribution in [2.75, 3.05) is 6.54 Å². The third-order valence-electron chi connectivity index (χ3n) is 3.41. The molecule has 1 aliphatic heterocycles. The number of carbonyl (C=O) groups excluding carboxylic acids is 1. The van der Waals surface area contributed by atoms with E-state index in [0.717, 1.165) is 31.4 Å². The van der Waals surface area contributed by atoms with Crippen LogP contribution in [0.2, 0.25) is 0 Å². The number of benzene rings is 1. The van der Waals surface area contributed by atoms with Crippen molar-refractivity contribution < 1.29 is 9.53 Å². The van der Waals surface area contributed by atoms with E-state index in [1.165, 1.54) is 0 Å². The number of carbonyl (C=O) groups is 1.